The Labute approximate surface area is 168 Å². The summed E-state index contributed by atoms with van der Waals surface area (Å²) >= 11 is 0. The van der Waals surface area contributed by atoms with Gasteiger partial charge in [0.15, 0.2) is 5.96 Å². The molecule has 2 N–H and O–H groups in total. The minimum absolute atomic E-state index is 0. The van der Waals surface area contributed by atoms with E-state index < -0.39 is 17.6 Å². The maximum Gasteiger partial charge on any atom is 0.416 e. The van der Waals surface area contributed by atoms with Crippen molar-refractivity contribution in [1.29, 1.82) is 0 Å². The zero-order chi connectivity index (χ0) is 18.7. The van der Waals surface area contributed by atoms with E-state index >= 15 is 0 Å². The summed E-state index contributed by atoms with van der Waals surface area (Å²) < 4.78 is 57.3. The summed E-state index contributed by atoms with van der Waals surface area (Å²) in [5, 5.41) is 6.04. The molecule has 1 rings (SSSR count). The van der Waals surface area contributed by atoms with Gasteiger partial charge in [0.05, 0.1) is 12.1 Å². The quantitative estimate of drug-likeness (QED) is 0.178. The van der Waals surface area contributed by atoms with E-state index in [1.54, 1.807) is 0 Å². The number of ether oxygens (including phenoxy) is 1. The minimum Gasteiger partial charge on any atom is -0.382 e. The Bertz CT molecular complexity index is 553. The van der Waals surface area contributed by atoms with E-state index in [2.05, 4.69) is 15.6 Å². The summed E-state index contributed by atoms with van der Waals surface area (Å²) in [5.74, 6) is -0.490. The fourth-order valence-corrected chi connectivity index (χ4v) is 2.14. The van der Waals surface area contributed by atoms with E-state index in [9.17, 15) is 17.6 Å². The first kappa shape index (κ1) is 24.9. The zero-order valence-electron chi connectivity index (χ0n) is 15.0. The van der Waals surface area contributed by atoms with Gasteiger partial charge >= 0.3 is 6.18 Å². The molecular formula is C17H26F4IN3O. The molecule has 0 fully saturated rings. The van der Waals surface area contributed by atoms with Crippen molar-refractivity contribution in [1.82, 2.24) is 10.6 Å². The summed E-state index contributed by atoms with van der Waals surface area (Å²) in [6.45, 7) is 6.18. The average molecular weight is 491 g/mol. The van der Waals surface area contributed by atoms with Crippen LogP contribution in [0, 0.1) is 5.82 Å². The monoisotopic (exact) mass is 491 g/mol. The first-order valence-electron chi connectivity index (χ1n) is 8.34. The molecule has 0 atom stereocenters. The highest BCUT2D eigenvalue weighted by molar-refractivity contribution is 14.0. The van der Waals surface area contributed by atoms with Gasteiger partial charge in [-0.1, -0.05) is 6.07 Å². The molecule has 9 heteroatoms. The van der Waals surface area contributed by atoms with Crippen molar-refractivity contribution in [3.8, 4) is 0 Å². The molecule has 0 aliphatic carbocycles. The maximum absolute atomic E-state index is 13.1. The molecule has 0 radical (unpaired) electrons. The SMILES string of the molecule is CCNC(=NCc1ccc(F)cc1C(F)(F)F)NCCCCOCC.I. The van der Waals surface area contributed by atoms with E-state index in [1.165, 1.54) is 0 Å². The highest BCUT2D eigenvalue weighted by Crippen LogP contribution is 2.32. The molecule has 1 aromatic rings. The summed E-state index contributed by atoms with van der Waals surface area (Å²) in [6.07, 6.45) is -2.87. The van der Waals surface area contributed by atoms with E-state index in [0.717, 1.165) is 25.0 Å². The Morgan fingerprint density at radius 1 is 1.15 bits per heavy atom. The van der Waals surface area contributed by atoms with Crippen molar-refractivity contribution in [2.45, 2.75) is 39.4 Å². The summed E-state index contributed by atoms with van der Waals surface area (Å²) in [4.78, 5) is 4.16. The largest absolute Gasteiger partial charge is 0.416 e. The van der Waals surface area contributed by atoms with Gasteiger partial charge in [-0.3, -0.25) is 0 Å². The van der Waals surface area contributed by atoms with Gasteiger partial charge in [0.25, 0.3) is 0 Å². The van der Waals surface area contributed by atoms with E-state index in [-0.39, 0.29) is 36.1 Å². The van der Waals surface area contributed by atoms with Gasteiger partial charge in [-0.15, -0.1) is 24.0 Å². The number of hydrogen-bond acceptors (Lipinski definition) is 2. The topological polar surface area (TPSA) is 45.7 Å². The van der Waals surface area contributed by atoms with Gasteiger partial charge in [0.1, 0.15) is 5.82 Å². The number of rotatable bonds is 9. The van der Waals surface area contributed by atoms with Crippen molar-refractivity contribution in [3.05, 3.63) is 35.1 Å². The Kier molecular flexibility index (Phi) is 12.6. The molecule has 0 unspecified atom stereocenters. The number of hydrogen-bond donors (Lipinski definition) is 2. The molecule has 0 spiro atoms. The second kappa shape index (κ2) is 13.1. The standard InChI is InChI=1S/C17H25F4N3O.HI/c1-3-22-16(23-9-5-6-10-25-4-2)24-12-13-7-8-14(18)11-15(13)17(19,20)21;/h7-8,11H,3-6,9-10,12H2,1-2H3,(H2,22,23,24);1H. The molecule has 0 bridgehead atoms. The smallest absolute Gasteiger partial charge is 0.382 e. The number of guanidine groups is 1. The molecule has 0 heterocycles. The summed E-state index contributed by atoms with van der Waals surface area (Å²) in [6, 6.07) is 2.63. The molecule has 0 aliphatic rings. The third-order valence-electron chi connectivity index (χ3n) is 3.34. The molecule has 0 aliphatic heterocycles. The molecule has 4 nitrogen and oxygen atoms in total. The molecule has 0 saturated carbocycles. The lowest BCUT2D eigenvalue weighted by Crippen LogP contribution is -2.37. The second-order valence-electron chi connectivity index (χ2n) is 5.33. The van der Waals surface area contributed by atoms with Gasteiger partial charge < -0.3 is 15.4 Å². The lowest BCUT2D eigenvalue weighted by Gasteiger charge is -2.14. The Morgan fingerprint density at radius 3 is 2.50 bits per heavy atom. The van der Waals surface area contributed by atoms with Crippen LogP contribution in [0.3, 0.4) is 0 Å². The predicted molar refractivity (Wildman–Crippen MR) is 105 cm³/mol. The second-order valence-corrected chi connectivity index (χ2v) is 5.33. The number of alkyl halides is 3. The highest BCUT2D eigenvalue weighted by Gasteiger charge is 2.33. The molecule has 0 saturated heterocycles. The van der Waals surface area contributed by atoms with E-state index in [1.807, 2.05) is 13.8 Å². The van der Waals surface area contributed by atoms with E-state index in [4.69, 9.17) is 4.74 Å². The Hall–Kier alpha value is -1.10. The minimum atomic E-state index is -4.61. The number of nitrogens with one attached hydrogen (secondary N) is 2. The fraction of sp³-hybridized carbons (Fsp3) is 0.588. The van der Waals surface area contributed by atoms with Crippen molar-refractivity contribution in [3.63, 3.8) is 0 Å². The van der Waals surface area contributed by atoms with Crippen LogP contribution in [0.2, 0.25) is 0 Å². The van der Waals surface area contributed by atoms with Crippen LogP contribution in [0.1, 0.15) is 37.8 Å². The normalized spacial score (nSPS) is 11.8. The first-order chi connectivity index (χ1) is 11.9. The van der Waals surface area contributed by atoms with Gasteiger partial charge in [0.2, 0.25) is 0 Å². The van der Waals surface area contributed by atoms with Crippen LogP contribution >= 0.6 is 24.0 Å². The number of benzene rings is 1. The van der Waals surface area contributed by atoms with Crippen LogP contribution in [0.5, 0.6) is 0 Å². The van der Waals surface area contributed by atoms with Crippen molar-refractivity contribution >= 4 is 29.9 Å². The van der Waals surface area contributed by atoms with Gasteiger partial charge in [-0.05, 0) is 44.4 Å². The van der Waals surface area contributed by atoms with Crippen LogP contribution in [0.15, 0.2) is 23.2 Å². The van der Waals surface area contributed by atoms with Gasteiger partial charge in [-0.2, -0.15) is 13.2 Å². The van der Waals surface area contributed by atoms with Crippen LogP contribution in [-0.2, 0) is 17.5 Å². The van der Waals surface area contributed by atoms with Crippen LogP contribution in [0.25, 0.3) is 0 Å². The Morgan fingerprint density at radius 2 is 1.88 bits per heavy atom. The predicted octanol–water partition coefficient (Wildman–Crippen LogP) is 4.33. The van der Waals surface area contributed by atoms with Crippen molar-refractivity contribution in [2.75, 3.05) is 26.3 Å². The third kappa shape index (κ3) is 9.56. The van der Waals surface area contributed by atoms with Crippen molar-refractivity contribution < 1.29 is 22.3 Å². The Balaban J connectivity index is 0.00000625. The van der Waals surface area contributed by atoms with Crippen molar-refractivity contribution in [2.24, 2.45) is 4.99 Å². The lowest BCUT2D eigenvalue weighted by molar-refractivity contribution is -0.138. The molecule has 0 amide bonds. The molecular weight excluding hydrogens is 465 g/mol. The number of unbranched alkanes of at least 4 members (excludes halogenated alkanes) is 1. The average Bonchev–Trinajstić information content (AvgIpc) is 2.55. The van der Waals surface area contributed by atoms with Crippen LogP contribution in [-0.4, -0.2) is 32.3 Å². The van der Waals surface area contributed by atoms with E-state index in [0.29, 0.717) is 38.3 Å². The summed E-state index contributed by atoms with van der Waals surface area (Å²) in [7, 11) is 0. The molecule has 1 aromatic carbocycles. The van der Waals surface area contributed by atoms with Gasteiger partial charge in [-0.25, -0.2) is 9.38 Å². The summed E-state index contributed by atoms with van der Waals surface area (Å²) in [5.41, 5.74) is -1.06. The first-order valence-corrected chi connectivity index (χ1v) is 8.34. The number of halogens is 5. The molecule has 26 heavy (non-hydrogen) atoms. The highest BCUT2D eigenvalue weighted by atomic mass is 127. The third-order valence-corrected chi connectivity index (χ3v) is 3.34. The number of nitrogens with zero attached hydrogens (tertiary/aromatic N) is 1. The zero-order valence-corrected chi connectivity index (χ0v) is 17.3. The maximum atomic E-state index is 13.1. The lowest BCUT2D eigenvalue weighted by atomic mass is 10.1. The number of aliphatic imine (C=N–C) groups is 1. The molecule has 150 valence electrons. The molecule has 0 aromatic heterocycles. The van der Waals surface area contributed by atoms with Crippen LogP contribution in [0.4, 0.5) is 17.6 Å². The van der Waals surface area contributed by atoms with Crippen LogP contribution < -0.4 is 10.6 Å². The fourth-order valence-electron chi connectivity index (χ4n) is 2.14. The van der Waals surface area contributed by atoms with Gasteiger partial charge in [0, 0.05) is 26.3 Å².